The van der Waals surface area contributed by atoms with Gasteiger partial charge in [-0.05, 0) is 56.9 Å². The Balaban J connectivity index is 0.000000258. The summed E-state index contributed by atoms with van der Waals surface area (Å²) in [6, 6.07) is 17.3. The van der Waals surface area contributed by atoms with E-state index in [0.29, 0.717) is 44.0 Å². The molecule has 3 heterocycles. The molecule has 2 aliphatic rings. The highest BCUT2D eigenvalue weighted by atomic mass is 32.2. The third kappa shape index (κ3) is 12.0. The van der Waals surface area contributed by atoms with Crippen LogP contribution in [0.1, 0.15) is 59.7 Å². The standard InChI is InChI=1S/C23H34N4O5.C14H13N3O4S/c1-16-2-4-17(5-3-16)15-32-18-7-11-26(12-8-18)23(30)19-9-13-27(21(28)6-10-24)14-20(19)22(29)25-31;1-10(18)11-6-7-14(15-8-11)17-16-9-12-4-2-3-5-13(12)22(19,20)21/h2-5,18-20,31H,6-15,24H2,1H3,(H,25,29);2-9H,1H3,(H,15,17)(H,19,20,21)/b;16-9+/t19-,20-;/m0./s1. The van der Waals surface area contributed by atoms with E-state index >= 15 is 0 Å². The van der Waals surface area contributed by atoms with E-state index in [1.165, 1.54) is 43.1 Å². The van der Waals surface area contributed by atoms with E-state index in [2.05, 4.69) is 39.8 Å². The number of rotatable bonds is 12. The summed E-state index contributed by atoms with van der Waals surface area (Å²) in [5.74, 6) is -1.91. The molecule has 2 aromatic carbocycles. The first-order valence-corrected chi connectivity index (χ1v) is 18.9. The molecular weight excluding hydrogens is 719 g/mol. The predicted molar refractivity (Wildman–Crippen MR) is 199 cm³/mol. The number of piperidine rings is 2. The van der Waals surface area contributed by atoms with E-state index < -0.39 is 27.9 Å². The first-order chi connectivity index (χ1) is 25.8. The van der Waals surface area contributed by atoms with Gasteiger partial charge in [0.05, 0.1) is 30.8 Å². The first-order valence-electron chi connectivity index (χ1n) is 17.5. The zero-order valence-corrected chi connectivity index (χ0v) is 31.1. The Morgan fingerprint density at radius 1 is 0.981 bits per heavy atom. The monoisotopic (exact) mass is 765 g/mol. The van der Waals surface area contributed by atoms with Crippen molar-refractivity contribution in [3.63, 3.8) is 0 Å². The molecule has 0 bridgehead atoms. The molecule has 0 spiro atoms. The highest BCUT2D eigenvalue weighted by molar-refractivity contribution is 7.86. The number of likely N-dealkylation sites (tertiary alicyclic amines) is 2. The summed E-state index contributed by atoms with van der Waals surface area (Å²) in [7, 11) is -4.32. The SMILES string of the molecule is CC(=O)c1ccc(N/N=C/c2ccccc2S(=O)(=O)O)nc1.Cc1ccc(COC2CCN(C(=O)[C@H]3CCN(C(=O)CCN)C[C@@H]3C(=O)NO)CC2)cc1. The van der Waals surface area contributed by atoms with Crippen LogP contribution in [0.15, 0.2) is 76.9 Å². The molecule has 16 nitrogen and oxygen atoms in total. The smallest absolute Gasteiger partial charge is 0.295 e. The van der Waals surface area contributed by atoms with Crippen LogP contribution in [0.2, 0.25) is 0 Å². The number of amides is 3. The van der Waals surface area contributed by atoms with E-state index in [4.69, 9.17) is 20.2 Å². The van der Waals surface area contributed by atoms with Crippen molar-refractivity contribution in [2.75, 3.05) is 38.1 Å². The van der Waals surface area contributed by atoms with Crippen LogP contribution in [0.5, 0.6) is 0 Å². The molecule has 0 radical (unpaired) electrons. The average molecular weight is 766 g/mol. The van der Waals surface area contributed by atoms with Gasteiger partial charge in [0.15, 0.2) is 5.78 Å². The number of aryl methyl sites for hydroxylation is 1. The molecule has 0 unspecified atom stereocenters. The van der Waals surface area contributed by atoms with Gasteiger partial charge in [-0.1, -0.05) is 48.0 Å². The number of Topliss-reactive ketones (excluding diaryl/α,β-unsaturated/α-hetero) is 1. The Bertz CT molecular complexity index is 1880. The predicted octanol–water partition coefficient (Wildman–Crippen LogP) is 2.80. The Morgan fingerprint density at radius 3 is 2.28 bits per heavy atom. The number of hydrogen-bond donors (Lipinski definition) is 5. The quantitative estimate of drug-likeness (QED) is 0.0589. The van der Waals surface area contributed by atoms with Crippen molar-refractivity contribution < 1.29 is 42.1 Å². The van der Waals surface area contributed by atoms with Crippen LogP contribution in [0, 0.1) is 18.8 Å². The fourth-order valence-electron chi connectivity index (χ4n) is 6.14. The normalized spacial score (nSPS) is 17.7. The van der Waals surface area contributed by atoms with Crippen molar-refractivity contribution in [3.8, 4) is 0 Å². The maximum absolute atomic E-state index is 13.2. The van der Waals surface area contributed by atoms with Gasteiger partial charge in [0, 0.05) is 56.5 Å². The summed E-state index contributed by atoms with van der Waals surface area (Å²) in [6.07, 6.45) is 4.81. The molecule has 1 aromatic heterocycles. The molecule has 2 saturated heterocycles. The van der Waals surface area contributed by atoms with Crippen LogP contribution in [0.3, 0.4) is 0 Å². The fourth-order valence-corrected chi connectivity index (χ4v) is 6.81. The molecule has 2 aliphatic heterocycles. The van der Waals surface area contributed by atoms with E-state index in [1.54, 1.807) is 33.5 Å². The van der Waals surface area contributed by atoms with Crippen molar-refractivity contribution >= 4 is 45.7 Å². The number of hydrogen-bond acceptors (Lipinski definition) is 12. The number of hydrazone groups is 1. The average Bonchev–Trinajstić information content (AvgIpc) is 3.17. The number of ketones is 1. The number of hydroxylamine groups is 1. The van der Waals surface area contributed by atoms with E-state index in [9.17, 15) is 27.6 Å². The second-order valence-electron chi connectivity index (χ2n) is 13.0. The van der Waals surface area contributed by atoms with Crippen LogP contribution in [0.25, 0.3) is 0 Å². The van der Waals surface area contributed by atoms with Crippen LogP contribution in [-0.4, -0.2) is 102 Å². The van der Waals surface area contributed by atoms with Gasteiger partial charge in [0.2, 0.25) is 17.7 Å². The van der Waals surface area contributed by atoms with Crippen molar-refractivity contribution in [2.45, 2.75) is 57.1 Å². The zero-order chi connectivity index (χ0) is 39.3. The molecule has 3 amide bonds. The molecule has 3 aromatic rings. The van der Waals surface area contributed by atoms with Crippen LogP contribution < -0.4 is 16.6 Å². The zero-order valence-electron chi connectivity index (χ0n) is 30.3. The molecule has 17 heteroatoms. The van der Waals surface area contributed by atoms with Gasteiger partial charge in [-0.3, -0.25) is 34.4 Å². The first kappa shape index (κ1) is 41.7. The minimum Gasteiger partial charge on any atom is -0.373 e. The van der Waals surface area contributed by atoms with Gasteiger partial charge in [-0.2, -0.15) is 13.5 Å². The van der Waals surface area contributed by atoms with E-state index in [1.807, 2.05) is 6.92 Å². The molecule has 290 valence electrons. The molecule has 0 saturated carbocycles. The summed E-state index contributed by atoms with van der Waals surface area (Å²) in [5.41, 5.74) is 12.8. The highest BCUT2D eigenvalue weighted by Gasteiger charge is 2.42. The van der Waals surface area contributed by atoms with E-state index in [-0.39, 0.29) is 53.7 Å². The molecule has 0 aliphatic carbocycles. The number of nitrogens with one attached hydrogen (secondary N) is 2. The molecule has 6 N–H and O–H groups in total. The number of carbonyl (C=O) groups is 4. The summed E-state index contributed by atoms with van der Waals surface area (Å²) in [6.45, 7) is 5.91. The maximum atomic E-state index is 13.2. The summed E-state index contributed by atoms with van der Waals surface area (Å²) in [5, 5.41) is 13.0. The summed E-state index contributed by atoms with van der Waals surface area (Å²) < 4.78 is 37.6. The number of ether oxygens (including phenoxy) is 1. The van der Waals surface area contributed by atoms with Crippen LogP contribution in [0.4, 0.5) is 5.82 Å². The number of pyridine rings is 1. The lowest BCUT2D eigenvalue weighted by Gasteiger charge is -2.40. The largest absolute Gasteiger partial charge is 0.373 e. The van der Waals surface area contributed by atoms with Gasteiger partial charge in [-0.15, -0.1) is 0 Å². The van der Waals surface area contributed by atoms with Crippen LogP contribution >= 0.6 is 0 Å². The molecule has 5 rings (SSSR count). The van der Waals surface area contributed by atoms with Crippen molar-refractivity contribution in [1.82, 2.24) is 20.3 Å². The third-order valence-electron chi connectivity index (χ3n) is 9.20. The van der Waals surface area contributed by atoms with Crippen molar-refractivity contribution in [1.29, 1.82) is 0 Å². The molecule has 2 atom stereocenters. The van der Waals surface area contributed by atoms with Crippen LogP contribution in [-0.2, 0) is 35.8 Å². The maximum Gasteiger partial charge on any atom is 0.295 e. The van der Waals surface area contributed by atoms with Gasteiger partial charge in [0.25, 0.3) is 10.1 Å². The third-order valence-corrected chi connectivity index (χ3v) is 10.1. The molecule has 2 fully saturated rings. The number of aromatic nitrogens is 1. The van der Waals surface area contributed by atoms with Gasteiger partial charge in [-0.25, -0.2) is 10.5 Å². The number of anilines is 1. The second-order valence-corrected chi connectivity index (χ2v) is 14.4. The Hall–Kier alpha value is -5.07. The fraction of sp³-hybridized carbons (Fsp3) is 0.405. The number of carbonyl (C=O) groups excluding carboxylic acids is 4. The number of nitrogens with two attached hydrogens (primary N) is 1. The lowest BCUT2D eigenvalue weighted by atomic mass is 9.83. The topological polar surface area (TPSA) is 234 Å². The Kier molecular flexibility index (Phi) is 15.3. The van der Waals surface area contributed by atoms with Crippen molar-refractivity contribution in [3.05, 3.63) is 89.1 Å². The lowest BCUT2D eigenvalue weighted by Crippen LogP contribution is -2.54. The highest BCUT2D eigenvalue weighted by Crippen LogP contribution is 2.28. The molecule has 54 heavy (non-hydrogen) atoms. The van der Waals surface area contributed by atoms with Gasteiger partial charge < -0.3 is 20.3 Å². The molecular formula is C37H47N7O9S. The number of benzene rings is 2. The number of nitrogens with zero attached hydrogens (tertiary/aromatic N) is 4. The Labute approximate surface area is 314 Å². The summed E-state index contributed by atoms with van der Waals surface area (Å²) in [4.78, 5) is 55.9. The second kappa shape index (κ2) is 19.8. The van der Waals surface area contributed by atoms with Gasteiger partial charge >= 0.3 is 0 Å². The Morgan fingerprint density at radius 2 is 1.67 bits per heavy atom. The van der Waals surface area contributed by atoms with E-state index in [0.717, 1.165) is 18.4 Å². The minimum absolute atomic E-state index is 0.0904. The lowest BCUT2D eigenvalue weighted by molar-refractivity contribution is -0.152. The minimum atomic E-state index is -4.32. The van der Waals surface area contributed by atoms with Gasteiger partial charge in [0.1, 0.15) is 10.7 Å². The summed E-state index contributed by atoms with van der Waals surface area (Å²) >= 11 is 0. The van der Waals surface area contributed by atoms with Crippen molar-refractivity contribution in [2.24, 2.45) is 22.7 Å².